The largest absolute Gasteiger partial charge is 0.461 e. The van der Waals surface area contributed by atoms with Crippen molar-refractivity contribution in [2.24, 2.45) is 5.10 Å². The first kappa shape index (κ1) is 13.2. The minimum atomic E-state index is -5.27. The fourth-order valence-electron chi connectivity index (χ4n) is 1.40. The van der Waals surface area contributed by atoms with Crippen molar-refractivity contribution in [3.05, 3.63) is 0 Å². The molecule has 1 aromatic heterocycles. The van der Waals surface area contributed by atoms with Crippen molar-refractivity contribution in [2.45, 2.75) is 18.8 Å². The van der Waals surface area contributed by atoms with E-state index in [2.05, 4.69) is 25.4 Å². The zero-order chi connectivity index (χ0) is 14.3. The lowest BCUT2D eigenvalue weighted by Gasteiger charge is -2.32. The van der Waals surface area contributed by atoms with Gasteiger partial charge in [0.05, 0.1) is 6.61 Å². The summed E-state index contributed by atoms with van der Waals surface area (Å²) in [5.74, 6) is -2.00. The molecule has 0 saturated heterocycles. The third-order valence-electron chi connectivity index (χ3n) is 2.24. The van der Waals surface area contributed by atoms with Gasteiger partial charge in [-0.25, -0.2) is 10.2 Å². The van der Waals surface area contributed by atoms with Gasteiger partial charge < -0.3 is 9.84 Å². The Morgan fingerprint density at radius 2 is 2.26 bits per heavy atom. The molecule has 0 saturated carbocycles. The highest BCUT2D eigenvalue weighted by atomic mass is 19.4. The number of nitrogens with one attached hydrogen (secondary N) is 1. The Morgan fingerprint density at radius 3 is 2.84 bits per heavy atom. The summed E-state index contributed by atoms with van der Waals surface area (Å²) in [6.45, 7) is 1.21. The molecule has 0 aliphatic carbocycles. The lowest BCUT2D eigenvalue weighted by Crippen LogP contribution is -2.59. The van der Waals surface area contributed by atoms with Gasteiger partial charge in [-0.15, -0.1) is 0 Å². The SMILES string of the molecule is CCOC(=O)C1=NNc2nnnn2C1(O)C(F)(F)F. The van der Waals surface area contributed by atoms with Crippen molar-refractivity contribution in [3.8, 4) is 0 Å². The van der Waals surface area contributed by atoms with Crippen molar-refractivity contribution < 1.29 is 27.8 Å². The molecule has 1 aromatic rings. The third kappa shape index (κ3) is 1.80. The average Bonchev–Trinajstić information content (AvgIpc) is 2.77. The summed E-state index contributed by atoms with van der Waals surface area (Å²) in [5.41, 5.74) is -3.08. The molecule has 1 atom stereocenters. The van der Waals surface area contributed by atoms with Gasteiger partial charge in [-0.05, 0) is 17.4 Å². The number of ether oxygens (including phenoxy) is 1. The van der Waals surface area contributed by atoms with Crippen LogP contribution in [0.4, 0.5) is 19.1 Å². The molecule has 0 fully saturated rings. The Labute approximate surface area is 103 Å². The highest BCUT2D eigenvalue weighted by Gasteiger charge is 2.65. The summed E-state index contributed by atoms with van der Waals surface area (Å²) < 4.78 is 43.6. The molecule has 0 amide bonds. The van der Waals surface area contributed by atoms with Crippen molar-refractivity contribution in [1.29, 1.82) is 0 Å². The van der Waals surface area contributed by atoms with Gasteiger partial charge in [-0.2, -0.15) is 23.0 Å². The van der Waals surface area contributed by atoms with Crippen LogP contribution in [0.1, 0.15) is 6.92 Å². The minimum absolute atomic E-state index is 0.00620. The van der Waals surface area contributed by atoms with Gasteiger partial charge >= 0.3 is 17.9 Å². The van der Waals surface area contributed by atoms with Gasteiger partial charge in [-0.3, -0.25) is 0 Å². The molecule has 1 unspecified atom stereocenters. The molecule has 9 nitrogen and oxygen atoms in total. The first-order valence-corrected chi connectivity index (χ1v) is 4.91. The number of alkyl halides is 3. The highest BCUT2D eigenvalue weighted by Crippen LogP contribution is 2.38. The molecule has 1 aliphatic rings. The third-order valence-corrected chi connectivity index (χ3v) is 2.24. The lowest BCUT2D eigenvalue weighted by atomic mass is 10.1. The number of fused-ring (bicyclic) bond motifs is 1. The van der Waals surface area contributed by atoms with Crippen molar-refractivity contribution in [2.75, 3.05) is 12.0 Å². The van der Waals surface area contributed by atoms with Gasteiger partial charge in [0.1, 0.15) is 0 Å². The summed E-state index contributed by atoms with van der Waals surface area (Å²) >= 11 is 0. The number of anilines is 1. The van der Waals surface area contributed by atoms with Crippen LogP contribution >= 0.6 is 0 Å². The quantitative estimate of drug-likeness (QED) is 0.683. The van der Waals surface area contributed by atoms with Gasteiger partial charge in [0.25, 0.3) is 5.95 Å². The normalized spacial score (nSPS) is 22.3. The molecule has 0 bridgehead atoms. The lowest BCUT2D eigenvalue weighted by molar-refractivity contribution is -0.269. The Balaban J connectivity index is 2.56. The standard InChI is InChI=1S/C7H7F3N6O3/c1-2-19-4(17)3-6(18,7(8,9)10)16-5(12-11-3)13-14-15-16/h18H,2H2,1H3,(H,12,13,15). The molecule has 104 valence electrons. The van der Waals surface area contributed by atoms with E-state index in [1.807, 2.05) is 5.43 Å². The van der Waals surface area contributed by atoms with E-state index in [4.69, 9.17) is 0 Å². The number of hydrazone groups is 1. The zero-order valence-corrected chi connectivity index (χ0v) is 9.34. The number of carbonyl (C=O) groups excluding carboxylic acids is 1. The Bertz CT molecular complexity index is 540. The maximum absolute atomic E-state index is 13.0. The molecule has 2 heterocycles. The van der Waals surface area contributed by atoms with E-state index in [1.165, 1.54) is 6.92 Å². The number of aliphatic hydroxyl groups is 1. The summed E-state index contributed by atoms with van der Waals surface area (Å²) in [6, 6.07) is 0. The fourth-order valence-corrected chi connectivity index (χ4v) is 1.40. The van der Waals surface area contributed by atoms with E-state index in [9.17, 15) is 23.1 Å². The second-order valence-electron chi connectivity index (χ2n) is 3.38. The van der Waals surface area contributed by atoms with Crippen molar-refractivity contribution in [3.63, 3.8) is 0 Å². The van der Waals surface area contributed by atoms with Crippen LogP contribution in [0.5, 0.6) is 0 Å². The van der Waals surface area contributed by atoms with Crippen LogP contribution in [-0.4, -0.2) is 49.8 Å². The first-order chi connectivity index (χ1) is 8.82. The average molecular weight is 280 g/mol. The number of esters is 1. The van der Waals surface area contributed by atoms with E-state index in [1.54, 1.807) is 0 Å². The van der Waals surface area contributed by atoms with E-state index in [0.29, 0.717) is 0 Å². The number of hydrogen-bond donors (Lipinski definition) is 2. The van der Waals surface area contributed by atoms with Crippen LogP contribution in [0.25, 0.3) is 0 Å². The molecule has 0 radical (unpaired) electrons. The second kappa shape index (κ2) is 4.15. The van der Waals surface area contributed by atoms with Gasteiger partial charge in [0, 0.05) is 0 Å². The maximum Gasteiger partial charge on any atom is 0.445 e. The number of rotatable bonds is 2. The maximum atomic E-state index is 13.0. The predicted octanol–water partition coefficient (Wildman–Crippen LogP) is -0.775. The van der Waals surface area contributed by atoms with E-state index < -0.39 is 29.5 Å². The molecule has 12 heteroatoms. The zero-order valence-electron chi connectivity index (χ0n) is 9.34. The molecule has 0 spiro atoms. The molecule has 2 rings (SSSR count). The number of tetrazole rings is 1. The number of halogens is 3. The second-order valence-corrected chi connectivity index (χ2v) is 3.38. The molecule has 19 heavy (non-hydrogen) atoms. The van der Waals surface area contributed by atoms with E-state index in [-0.39, 0.29) is 11.3 Å². The van der Waals surface area contributed by atoms with E-state index >= 15 is 0 Å². The molecular weight excluding hydrogens is 273 g/mol. The van der Waals surface area contributed by atoms with Crippen LogP contribution < -0.4 is 5.43 Å². The number of hydrogen-bond acceptors (Lipinski definition) is 8. The number of aromatic nitrogens is 4. The summed E-state index contributed by atoms with van der Waals surface area (Å²) in [6.07, 6.45) is -5.27. The topological polar surface area (TPSA) is 115 Å². The summed E-state index contributed by atoms with van der Waals surface area (Å²) in [5, 5.41) is 22.1. The van der Waals surface area contributed by atoms with Crippen LogP contribution in [0.3, 0.4) is 0 Å². The smallest absolute Gasteiger partial charge is 0.445 e. The highest BCUT2D eigenvalue weighted by molar-refractivity contribution is 6.39. The van der Waals surface area contributed by atoms with Crippen LogP contribution in [0, 0.1) is 0 Å². The molecule has 0 aromatic carbocycles. The van der Waals surface area contributed by atoms with Crippen molar-refractivity contribution >= 4 is 17.6 Å². The molecular formula is C7H7F3N6O3. The number of carbonyl (C=O) groups is 1. The first-order valence-electron chi connectivity index (χ1n) is 4.91. The summed E-state index contributed by atoms with van der Waals surface area (Å²) in [7, 11) is 0. The molecule has 2 N–H and O–H groups in total. The predicted molar refractivity (Wildman–Crippen MR) is 51.8 cm³/mol. The Kier molecular flexibility index (Phi) is 2.88. The monoisotopic (exact) mass is 280 g/mol. The Morgan fingerprint density at radius 1 is 1.58 bits per heavy atom. The Hall–Kier alpha value is -2.24. The van der Waals surface area contributed by atoms with E-state index in [0.717, 1.165) is 0 Å². The van der Waals surface area contributed by atoms with Crippen LogP contribution in [0.2, 0.25) is 0 Å². The fraction of sp³-hybridized carbons (Fsp3) is 0.571. The minimum Gasteiger partial charge on any atom is -0.461 e. The van der Waals surface area contributed by atoms with Gasteiger partial charge in [0.15, 0.2) is 0 Å². The number of nitrogens with zero attached hydrogens (tertiary/aromatic N) is 5. The van der Waals surface area contributed by atoms with Crippen LogP contribution in [0.15, 0.2) is 5.10 Å². The molecule has 1 aliphatic heterocycles. The summed E-state index contributed by atoms with van der Waals surface area (Å²) in [4.78, 5) is 11.5. The van der Waals surface area contributed by atoms with Crippen LogP contribution in [-0.2, 0) is 15.3 Å². The van der Waals surface area contributed by atoms with Gasteiger partial charge in [-0.1, -0.05) is 5.10 Å². The van der Waals surface area contributed by atoms with Gasteiger partial charge in [0.2, 0.25) is 5.71 Å². The van der Waals surface area contributed by atoms with Crippen molar-refractivity contribution in [1.82, 2.24) is 20.2 Å².